The van der Waals surface area contributed by atoms with Gasteiger partial charge in [0, 0.05) is 17.7 Å². The van der Waals surface area contributed by atoms with Crippen LogP contribution in [0.25, 0.3) is 0 Å². The molecule has 0 aliphatic heterocycles. The number of aromatic nitrogens is 1. The van der Waals surface area contributed by atoms with Crippen molar-refractivity contribution in [2.45, 2.75) is 59.3 Å². The summed E-state index contributed by atoms with van der Waals surface area (Å²) < 4.78 is 7.20. The van der Waals surface area contributed by atoms with Crippen molar-refractivity contribution >= 4 is 21.7 Å². The summed E-state index contributed by atoms with van der Waals surface area (Å²) in [7, 11) is 0. The SMILES string of the molecule is CC12CC3(C)CC(C)(C1)CC(COc1cc(NN)ncc1Br)(C2)C3. The van der Waals surface area contributed by atoms with Crippen LogP contribution in [0, 0.1) is 21.7 Å². The van der Waals surface area contributed by atoms with E-state index in [1.807, 2.05) is 6.07 Å². The van der Waals surface area contributed by atoms with Crippen molar-refractivity contribution in [2.75, 3.05) is 12.0 Å². The molecule has 0 atom stereocenters. The van der Waals surface area contributed by atoms with E-state index in [2.05, 4.69) is 47.1 Å². The molecule has 1 aromatic rings. The van der Waals surface area contributed by atoms with E-state index in [4.69, 9.17) is 10.6 Å². The van der Waals surface area contributed by atoms with Gasteiger partial charge in [-0.05, 0) is 70.7 Å². The summed E-state index contributed by atoms with van der Waals surface area (Å²) in [6.07, 6.45) is 9.81. The lowest BCUT2D eigenvalue weighted by molar-refractivity contribution is -0.192. The minimum atomic E-state index is 0.312. The van der Waals surface area contributed by atoms with Crippen LogP contribution in [0.1, 0.15) is 59.3 Å². The Morgan fingerprint density at radius 2 is 1.62 bits per heavy atom. The predicted octanol–water partition coefficient (Wildman–Crippen LogP) is 4.90. The summed E-state index contributed by atoms with van der Waals surface area (Å²) in [5.74, 6) is 6.94. The van der Waals surface area contributed by atoms with Gasteiger partial charge in [-0.1, -0.05) is 20.8 Å². The summed E-state index contributed by atoms with van der Waals surface area (Å²) in [4.78, 5) is 4.20. The van der Waals surface area contributed by atoms with Crippen LogP contribution in [0.3, 0.4) is 0 Å². The molecule has 0 amide bonds. The highest BCUT2D eigenvalue weighted by molar-refractivity contribution is 9.10. The number of anilines is 1. The smallest absolute Gasteiger partial charge is 0.143 e. The molecular weight excluding hydrogens is 366 g/mol. The molecule has 0 unspecified atom stereocenters. The third kappa shape index (κ3) is 2.74. The Morgan fingerprint density at radius 1 is 1.08 bits per heavy atom. The van der Waals surface area contributed by atoms with Gasteiger partial charge in [-0.25, -0.2) is 10.8 Å². The first-order valence-corrected chi connectivity index (χ1v) is 9.71. The molecule has 0 radical (unpaired) electrons. The molecule has 132 valence electrons. The van der Waals surface area contributed by atoms with Crippen molar-refractivity contribution in [1.82, 2.24) is 4.98 Å². The van der Waals surface area contributed by atoms with Gasteiger partial charge >= 0.3 is 0 Å². The van der Waals surface area contributed by atoms with Crippen LogP contribution in [0.5, 0.6) is 5.75 Å². The van der Waals surface area contributed by atoms with Gasteiger partial charge in [0.15, 0.2) is 0 Å². The largest absolute Gasteiger partial charge is 0.492 e. The second kappa shape index (κ2) is 5.10. The van der Waals surface area contributed by atoms with E-state index < -0.39 is 0 Å². The van der Waals surface area contributed by atoms with E-state index in [9.17, 15) is 0 Å². The zero-order chi connectivity index (χ0) is 17.2. The highest BCUT2D eigenvalue weighted by Crippen LogP contribution is 2.73. The van der Waals surface area contributed by atoms with Crippen molar-refractivity contribution in [3.05, 3.63) is 16.7 Å². The van der Waals surface area contributed by atoms with Crippen LogP contribution < -0.4 is 16.0 Å². The predicted molar refractivity (Wildman–Crippen MR) is 99.7 cm³/mol. The molecule has 0 saturated heterocycles. The van der Waals surface area contributed by atoms with E-state index in [-0.39, 0.29) is 0 Å². The number of nitrogens with two attached hydrogens (primary N) is 1. The molecule has 1 heterocycles. The average Bonchev–Trinajstić information content (AvgIpc) is 2.41. The number of pyridine rings is 1. The summed E-state index contributed by atoms with van der Waals surface area (Å²) in [5, 5.41) is 0. The van der Waals surface area contributed by atoms with E-state index in [1.165, 1.54) is 38.5 Å². The van der Waals surface area contributed by atoms with Gasteiger partial charge in [-0.2, -0.15) is 0 Å². The number of nitrogen functional groups attached to an aromatic ring is 1. The van der Waals surface area contributed by atoms with Gasteiger partial charge in [-0.3, -0.25) is 0 Å². The highest BCUT2D eigenvalue weighted by Gasteiger charge is 2.64. The summed E-state index contributed by atoms with van der Waals surface area (Å²) >= 11 is 3.55. The van der Waals surface area contributed by atoms with Crippen LogP contribution in [-0.4, -0.2) is 11.6 Å². The van der Waals surface area contributed by atoms with Gasteiger partial charge in [0.25, 0.3) is 0 Å². The summed E-state index contributed by atoms with van der Waals surface area (Å²) in [6, 6.07) is 1.87. The molecular formula is C19H28BrN3O. The lowest BCUT2D eigenvalue weighted by Gasteiger charge is -2.69. The van der Waals surface area contributed by atoms with Gasteiger partial charge in [-0.15, -0.1) is 0 Å². The van der Waals surface area contributed by atoms with Gasteiger partial charge in [0.05, 0.1) is 11.1 Å². The van der Waals surface area contributed by atoms with E-state index >= 15 is 0 Å². The Morgan fingerprint density at radius 3 is 2.12 bits per heavy atom. The summed E-state index contributed by atoms with van der Waals surface area (Å²) in [6.45, 7) is 8.32. The molecule has 24 heavy (non-hydrogen) atoms. The van der Waals surface area contributed by atoms with E-state index in [0.717, 1.165) is 16.8 Å². The molecule has 5 rings (SSSR count). The molecule has 4 nitrogen and oxygen atoms in total. The third-order valence-corrected chi connectivity index (χ3v) is 7.06. The fraction of sp³-hybridized carbons (Fsp3) is 0.737. The van der Waals surface area contributed by atoms with Crippen molar-refractivity contribution in [3.8, 4) is 5.75 Å². The fourth-order valence-electron chi connectivity index (χ4n) is 7.55. The Kier molecular flexibility index (Phi) is 3.54. The fourth-order valence-corrected chi connectivity index (χ4v) is 7.88. The first-order chi connectivity index (χ1) is 11.2. The maximum Gasteiger partial charge on any atom is 0.143 e. The minimum absolute atomic E-state index is 0.312. The van der Waals surface area contributed by atoms with Crippen molar-refractivity contribution in [1.29, 1.82) is 0 Å². The number of nitrogens with zero attached hydrogens (tertiary/aromatic N) is 1. The molecule has 3 N–H and O–H groups in total. The molecule has 0 aromatic carbocycles. The lowest BCUT2D eigenvalue weighted by Crippen LogP contribution is -2.60. The Labute approximate surface area is 153 Å². The first kappa shape index (κ1) is 16.6. The van der Waals surface area contributed by atoms with Gasteiger partial charge < -0.3 is 10.2 Å². The van der Waals surface area contributed by atoms with E-state index in [0.29, 0.717) is 27.5 Å². The molecule has 4 bridgehead atoms. The quantitative estimate of drug-likeness (QED) is 0.564. The van der Waals surface area contributed by atoms with Crippen molar-refractivity contribution in [2.24, 2.45) is 27.5 Å². The second-order valence-corrected chi connectivity index (χ2v) is 10.8. The van der Waals surface area contributed by atoms with Crippen LogP contribution in [-0.2, 0) is 0 Å². The highest BCUT2D eigenvalue weighted by atomic mass is 79.9. The Bertz CT molecular complexity index is 623. The van der Waals surface area contributed by atoms with Crippen LogP contribution in [0.4, 0.5) is 5.82 Å². The number of hydrazine groups is 1. The Hall–Kier alpha value is -0.810. The topological polar surface area (TPSA) is 60.2 Å². The van der Waals surface area contributed by atoms with Crippen LogP contribution >= 0.6 is 15.9 Å². The molecule has 4 aliphatic carbocycles. The average molecular weight is 394 g/mol. The maximum atomic E-state index is 6.32. The Balaban J connectivity index is 1.59. The summed E-state index contributed by atoms with van der Waals surface area (Å²) in [5.41, 5.74) is 4.37. The van der Waals surface area contributed by atoms with Crippen molar-refractivity contribution < 1.29 is 4.74 Å². The molecule has 4 aliphatic rings. The number of nitrogens with one attached hydrogen (secondary N) is 1. The molecule has 1 aromatic heterocycles. The second-order valence-electron chi connectivity index (χ2n) is 9.93. The lowest BCUT2D eigenvalue weighted by atomic mass is 9.36. The zero-order valence-electron chi connectivity index (χ0n) is 14.9. The van der Waals surface area contributed by atoms with E-state index in [1.54, 1.807) is 6.20 Å². The number of hydrogen-bond acceptors (Lipinski definition) is 4. The van der Waals surface area contributed by atoms with Gasteiger partial charge in [0.1, 0.15) is 11.6 Å². The van der Waals surface area contributed by atoms with Crippen molar-refractivity contribution in [3.63, 3.8) is 0 Å². The minimum Gasteiger partial charge on any atom is -0.492 e. The molecule has 4 fully saturated rings. The number of ether oxygens (including phenoxy) is 1. The normalized spacial score (nSPS) is 43.0. The molecule has 5 heteroatoms. The standard InChI is InChI=1S/C19H28BrN3O/c1-16-6-17(2)8-18(3,7-16)11-19(9-16,10-17)12-24-14-4-15(23-21)22-5-13(14)20/h4-5H,6-12,21H2,1-3H3,(H,22,23). The first-order valence-electron chi connectivity index (χ1n) is 8.91. The third-order valence-electron chi connectivity index (χ3n) is 6.47. The molecule has 0 spiro atoms. The number of hydrogen-bond donors (Lipinski definition) is 2. The molecule has 4 saturated carbocycles. The maximum absolute atomic E-state index is 6.32. The van der Waals surface area contributed by atoms with Gasteiger partial charge in [0.2, 0.25) is 0 Å². The number of rotatable bonds is 4. The van der Waals surface area contributed by atoms with Crippen LogP contribution in [0.15, 0.2) is 16.7 Å². The number of halogens is 1. The monoisotopic (exact) mass is 393 g/mol. The zero-order valence-corrected chi connectivity index (χ0v) is 16.5. The van der Waals surface area contributed by atoms with Crippen LogP contribution in [0.2, 0.25) is 0 Å².